The molecule has 766 valence electrons. The summed E-state index contributed by atoms with van der Waals surface area (Å²) in [6.45, 7) is 16.0. The van der Waals surface area contributed by atoms with Gasteiger partial charge < -0.3 is 106 Å². The molecule has 12 N–H and O–H groups in total. The van der Waals surface area contributed by atoms with Crippen LogP contribution in [0, 0.1) is 5.92 Å². The van der Waals surface area contributed by atoms with Crippen LogP contribution in [-0.4, -0.2) is 305 Å². The lowest BCUT2D eigenvalue weighted by Gasteiger charge is -2.16. The molecule has 10 amide bonds. The van der Waals surface area contributed by atoms with Crippen LogP contribution in [0.4, 0.5) is 0 Å². The first-order chi connectivity index (χ1) is 63.8. The number of ether oxygens (including phenoxy) is 11. The lowest BCUT2D eigenvalue weighted by molar-refractivity contribution is -0.150. The van der Waals surface area contributed by atoms with Crippen molar-refractivity contribution in [3.8, 4) is 0 Å². The fourth-order valence-corrected chi connectivity index (χ4v) is 11.7. The number of unbranched alkanes of at least 4 members (excludes halogenated alkanes) is 8. The second-order valence-electron chi connectivity index (χ2n) is 31.5. The standard InChI is InChI=1S/C42H71N5O15.C34H59N5O13.C15H24O5/c1-30(38(53)17-10-6-9-16-37(42(43)57)47-40(55)29-61-25-23-59-21-19-45-33(4)50)26-41(56)62-27-35(52)14-11-13-34(51)12-7-5-8-15-36(31(2)48)46-39(54)28-60-24-22-58-20-18-44-32(3)49;1-25(40)29(38-31(44)23-50-20-18-48-16-14-36-26(2)41)11-7-4-6-10-28(43)22-52-33(46)13-9-5-8-12-30(34(35)47)39-32(45)24-51-21-19-49-17-15-37-27(3)42;1-3-12(16)7-5-9-14(18)11-20-15(19)10-6-8-13(17)4-2/h30,36-37H,5-29H2,1-4H3,(H2,43,57)(H,44,49)(H,45,50)(H,46,54)(H,47,55);29-30H,4-24H2,1-3H3,(H2,35,47)(H,36,41)(H,37,42)(H,38,44)(H,39,45);3-11H2,1-2H3. The molecule has 0 saturated heterocycles. The molecule has 0 aromatic rings. The first-order valence-corrected chi connectivity index (χ1v) is 46.3. The molecule has 0 bridgehead atoms. The number of primary amides is 2. The van der Waals surface area contributed by atoms with Gasteiger partial charge in [0.15, 0.2) is 28.9 Å². The van der Waals surface area contributed by atoms with E-state index in [2.05, 4.69) is 42.5 Å². The molecule has 0 aromatic heterocycles. The molecule has 0 aliphatic heterocycles. The van der Waals surface area contributed by atoms with Gasteiger partial charge in [-0.1, -0.05) is 72.1 Å². The highest BCUT2D eigenvalue weighted by molar-refractivity contribution is 5.91. The predicted molar refractivity (Wildman–Crippen MR) is 485 cm³/mol. The van der Waals surface area contributed by atoms with Crippen LogP contribution in [0.25, 0.3) is 0 Å². The predicted octanol–water partition coefficient (Wildman–Crippen LogP) is 2.50. The van der Waals surface area contributed by atoms with Crippen molar-refractivity contribution in [3.05, 3.63) is 0 Å². The molecule has 0 spiro atoms. The van der Waals surface area contributed by atoms with Crippen LogP contribution in [0.1, 0.15) is 268 Å². The van der Waals surface area contributed by atoms with Gasteiger partial charge in [-0.3, -0.25) is 105 Å². The van der Waals surface area contributed by atoms with Gasteiger partial charge in [-0.15, -0.1) is 0 Å². The Morgan fingerprint density at radius 1 is 0.254 bits per heavy atom. The van der Waals surface area contributed by atoms with Crippen molar-refractivity contribution in [2.24, 2.45) is 17.4 Å². The van der Waals surface area contributed by atoms with Crippen molar-refractivity contribution in [3.63, 3.8) is 0 Å². The third kappa shape index (κ3) is 87.2. The van der Waals surface area contributed by atoms with Crippen molar-refractivity contribution in [2.45, 2.75) is 292 Å². The molecule has 134 heavy (non-hydrogen) atoms. The molecule has 43 heteroatoms. The Hall–Kier alpha value is -10.2. The maximum Gasteiger partial charge on any atom is 0.306 e. The zero-order valence-corrected chi connectivity index (χ0v) is 80.4. The number of hydrogen-bond acceptors (Lipinski definition) is 33. The molecule has 43 nitrogen and oxygen atoms in total. The topological polar surface area (TPSA) is 625 Å². The van der Waals surface area contributed by atoms with Gasteiger partial charge in [0.05, 0.1) is 97.8 Å². The summed E-state index contributed by atoms with van der Waals surface area (Å²) in [5, 5.41) is 20.7. The maximum atomic E-state index is 12.6. The number of ketones is 9. The number of esters is 3. The van der Waals surface area contributed by atoms with Crippen LogP contribution in [0.15, 0.2) is 0 Å². The number of hydrogen-bond donors (Lipinski definition) is 10. The zero-order chi connectivity index (χ0) is 101. The number of nitrogens with two attached hydrogens (primary N) is 2. The average molecular weight is 1920 g/mol. The molecule has 0 aromatic carbocycles. The summed E-state index contributed by atoms with van der Waals surface area (Å²) in [5.74, 6) is -7.11. The van der Waals surface area contributed by atoms with E-state index < -0.39 is 90.0 Å². The number of nitrogens with one attached hydrogen (secondary N) is 8. The fraction of sp³-hybridized carbons (Fsp3) is 0.758. The first-order valence-electron chi connectivity index (χ1n) is 46.3. The largest absolute Gasteiger partial charge is 0.458 e. The van der Waals surface area contributed by atoms with E-state index >= 15 is 0 Å². The van der Waals surface area contributed by atoms with E-state index in [-0.39, 0.29) is 232 Å². The number of amides is 10. The molecule has 5 unspecified atom stereocenters. The summed E-state index contributed by atoms with van der Waals surface area (Å²) >= 11 is 0. The maximum absolute atomic E-state index is 12.6. The number of carbonyl (C=O) groups excluding carboxylic acids is 22. The summed E-state index contributed by atoms with van der Waals surface area (Å²) in [6.07, 6.45) is 12.6. The highest BCUT2D eigenvalue weighted by atomic mass is 16.6. The van der Waals surface area contributed by atoms with E-state index in [1.807, 2.05) is 0 Å². The van der Waals surface area contributed by atoms with E-state index in [9.17, 15) is 105 Å². The third-order valence-corrected chi connectivity index (χ3v) is 19.3. The lowest BCUT2D eigenvalue weighted by Crippen LogP contribution is -2.45. The van der Waals surface area contributed by atoms with Crippen LogP contribution in [0.5, 0.6) is 0 Å². The minimum atomic E-state index is -0.896. The average Bonchev–Trinajstić information content (AvgIpc) is 0.937. The minimum Gasteiger partial charge on any atom is -0.458 e. The summed E-state index contributed by atoms with van der Waals surface area (Å²) in [5.41, 5.74) is 10.8. The summed E-state index contributed by atoms with van der Waals surface area (Å²) in [6, 6.07) is -3.09. The first kappa shape index (κ1) is 128. The van der Waals surface area contributed by atoms with Crippen LogP contribution in [0.2, 0.25) is 0 Å². The van der Waals surface area contributed by atoms with Gasteiger partial charge >= 0.3 is 17.9 Å². The van der Waals surface area contributed by atoms with E-state index in [0.717, 1.165) is 0 Å². The van der Waals surface area contributed by atoms with Crippen molar-refractivity contribution in [1.82, 2.24) is 42.5 Å². The van der Waals surface area contributed by atoms with Gasteiger partial charge in [0.2, 0.25) is 59.1 Å². The van der Waals surface area contributed by atoms with Gasteiger partial charge in [-0.2, -0.15) is 0 Å². The highest BCUT2D eigenvalue weighted by Crippen LogP contribution is 2.16. The smallest absolute Gasteiger partial charge is 0.306 e. The van der Waals surface area contributed by atoms with E-state index in [0.29, 0.717) is 194 Å². The number of carbonyl (C=O) groups is 22. The number of rotatable bonds is 87. The molecule has 0 rings (SSSR count). The van der Waals surface area contributed by atoms with Gasteiger partial charge in [0.25, 0.3) is 0 Å². The fourth-order valence-electron chi connectivity index (χ4n) is 11.7. The molecular weight excluding hydrogens is 1760 g/mol. The number of Topliss-reactive ketones (excluding diaryl/α,β-unsaturated/α-hetero) is 9. The second-order valence-corrected chi connectivity index (χ2v) is 31.5. The second kappa shape index (κ2) is 86.9. The van der Waals surface area contributed by atoms with Gasteiger partial charge in [-0.05, 0) is 84.5 Å². The molecule has 0 saturated carbocycles. The quantitative estimate of drug-likeness (QED) is 0.0237. The summed E-state index contributed by atoms with van der Waals surface area (Å²) < 4.78 is 56.9. The Kier molecular flexibility index (Phi) is 83.0. The monoisotopic (exact) mass is 1920 g/mol. The van der Waals surface area contributed by atoms with E-state index in [4.69, 9.17) is 63.6 Å². The Labute approximate surface area is 786 Å². The Bertz CT molecular complexity index is 3390. The van der Waals surface area contributed by atoms with E-state index in [1.54, 1.807) is 20.8 Å². The molecular formula is C91H154N10O33. The van der Waals surface area contributed by atoms with Crippen LogP contribution in [0.3, 0.4) is 0 Å². The molecule has 0 aliphatic carbocycles. The minimum absolute atomic E-state index is 0.00797. The Balaban J connectivity index is -0.00000214. The van der Waals surface area contributed by atoms with Gasteiger partial charge in [-0.25, -0.2) is 0 Å². The molecule has 0 fully saturated rings. The summed E-state index contributed by atoms with van der Waals surface area (Å²) in [7, 11) is 0. The SMILES string of the molecule is CC(=O)NCCOCCOCC(=O)NC(CCCCCC(=O)CCCC(=O)COC(=O)CC(C)C(=O)CCCCCC(NC(=O)COCCOCCNC(C)=O)C(N)=O)C(C)=O.CC(=O)NCCOCCOCC(=O)NC(CCCCCC(=O)COC(=O)CCCCCC(NC(=O)COCCOCCNC(C)=O)C(N)=O)C(C)=O.CCC(=O)CCCC(=O)COC(=O)CCCC(=O)CC. The van der Waals surface area contributed by atoms with Crippen molar-refractivity contribution in [2.75, 3.05) is 152 Å². The normalized spacial score (nSPS) is 11.8. The van der Waals surface area contributed by atoms with Crippen LogP contribution >= 0.6 is 0 Å². The third-order valence-electron chi connectivity index (χ3n) is 19.3. The molecule has 5 atom stereocenters. The van der Waals surface area contributed by atoms with Crippen molar-refractivity contribution in [1.29, 1.82) is 0 Å². The highest BCUT2D eigenvalue weighted by Gasteiger charge is 2.24. The van der Waals surface area contributed by atoms with Gasteiger partial charge in [0.1, 0.15) is 81.5 Å². The molecule has 0 radical (unpaired) electrons. The Morgan fingerprint density at radius 3 is 0.806 bits per heavy atom. The van der Waals surface area contributed by atoms with Crippen LogP contribution < -0.4 is 54.0 Å². The molecule has 0 aliphatic rings. The van der Waals surface area contributed by atoms with Gasteiger partial charge in [0, 0.05) is 137 Å². The Morgan fingerprint density at radius 2 is 0.500 bits per heavy atom. The summed E-state index contributed by atoms with van der Waals surface area (Å²) in [4.78, 5) is 258. The lowest BCUT2D eigenvalue weighted by atomic mass is 9.97. The van der Waals surface area contributed by atoms with Crippen LogP contribution in [-0.2, 0) is 158 Å². The van der Waals surface area contributed by atoms with E-state index in [1.165, 1.54) is 41.5 Å². The van der Waals surface area contributed by atoms with Crippen molar-refractivity contribution < 1.29 is 158 Å². The zero-order valence-electron chi connectivity index (χ0n) is 80.4. The molecule has 0 heterocycles. The van der Waals surface area contributed by atoms with Crippen molar-refractivity contribution >= 4 is 129 Å².